The number of hydrogen-bond donors (Lipinski definition) is 5. The van der Waals surface area contributed by atoms with E-state index in [4.69, 9.17) is 23.7 Å². The van der Waals surface area contributed by atoms with Crippen molar-refractivity contribution in [3.63, 3.8) is 0 Å². The minimum Gasteiger partial charge on any atom is -0.481 e. The summed E-state index contributed by atoms with van der Waals surface area (Å²) in [5.41, 5.74) is -1.88. The van der Waals surface area contributed by atoms with Crippen LogP contribution in [0.3, 0.4) is 0 Å². The van der Waals surface area contributed by atoms with Crippen molar-refractivity contribution < 1.29 is 53.4 Å². The molecule has 0 aromatic carbocycles. The van der Waals surface area contributed by atoms with E-state index in [0.29, 0.717) is 57.8 Å². The van der Waals surface area contributed by atoms with Crippen LogP contribution >= 0.6 is 0 Å². The quantitative estimate of drug-likeness (QED) is 0.107. The average Bonchev–Trinajstić information content (AvgIpc) is 3.55. The van der Waals surface area contributed by atoms with Gasteiger partial charge in [0.25, 0.3) is 0 Å². The molecule has 0 radical (unpaired) electrons. The molecule has 0 saturated carbocycles. The Hall–Kier alpha value is -2.13. The van der Waals surface area contributed by atoms with E-state index in [9.17, 15) is 29.7 Å². The van der Waals surface area contributed by atoms with Gasteiger partial charge in [-0.05, 0) is 102 Å². The lowest BCUT2D eigenvalue weighted by Gasteiger charge is -2.55. The second-order valence-corrected chi connectivity index (χ2v) is 21.7. The number of Topliss-reactive ketones (excluding diaryl/α,β-unsaturated/α-hetero) is 1. The predicted octanol–water partition coefficient (Wildman–Crippen LogP) is 7.93. The van der Waals surface area contributed by atoms with E-state index in [1.54, 1.807) is 6.92 Å². The third-order valence-electron chi connectivity index (χ3n) is 16.4. The molecule has 0 aromatic heterocycles. The minimum atomic E-state index is -1.34. The van der Waals surface area contributed by atoms with E-state index in [-0.39, 0.29) is 47.1 Å². The van der Waals surface area contributed by atoms with Gasteiger partial charge >= 0.3 is 12.0 Å². The Morgan fingerprint density at radius 2 is 1.53 bits per heavy atom. The third kappa shape index (κ3) is 10.1. The molecule has 13 nitrogen and oxygen atoms in total. The van der Waals surface area contributed by atoms with Crippen LogP contribution in [0.4, 0.5) is 4.79 Å². The number of ketones is 1. The fraction of sp³-hybridized carbons (Fsp3) is 0.898. The van der Waals surface area contributed by atoms with Gasteiger partial charge in [-0.15, -0.1) is 0 Å². The van der Waals surface area contributed by atoms with Gasteiger partial charge in [-0.25, -0.2) is 4.79 Å². The molecule has 0 aliphatic carbocycles. The number of aliphatic hydroxyl groups excluding tert-OH is 1. The van der Waals surface area contributed by atoms with Crippen LogP contribution < -0.4 is 10.6 Å². The molecule has 2 amide bonds. The van der Waals surface area contributed by atoms with Gasteiger partial charge in [0.05, 0.1) is 53.7 Å². The molecule has 5 aliphatic rings. The first kappa shape index (κ1) is 50.9. The Balaban J connectivity index is 1.40. The highest BCUT2D eigenvalue weighted by Crippen LogP contribution is 2.54. The Morgan fingerprint density at radius 1 is 0.871 bits per heavy atom. The van der Waals surface area contributed by atoms with Crippen LogP contribution in [0, 0.1) is 46.8 Å². The van der Waals surface area contributed by atoms with Crippen LogP contribution in [-0.2, 0) is 33.3 Å². The summed E-state index contributed by atoms with van der Waals surface area (Å²) in [4.78, 5) is 40.4. The number of rotatable bonds is 14. The number of amides is 2. The van der Waals surface area contributed by atoms with Crippen LogP contribution in [0.1, 0.15) is 161 Å². The van der Waals surface area contributed by atoms with E-state index in [2.05, 4.69) is 52.2 Å². The maximum atomic E-state index is 14.7. The van der Waals surface area contributed by atoms with Crippen molar-refractivity contribution in [1.29, 1.82) is 0 Å². The molecule has 19 atom stereocenters. The summed E-state index contributed by atoms with van der Waals surface area (Å²) in [5, 5.41) is 39.3. The van der Waals surface area contributed by atoms with Crippen LogP contribution in [0.2, 0.25) is 0 Å². The van der Waals surface area contributed by atoms with Gasteiger partial charge in [0.2, 0.25) is 0 Å². The van der Waals surface area contributed by atoms with Gasteiger partial charge in [-0.2, -0.15) is 0 Å². The zero-order valence-corrected chi connectivity index (χ0v) is 40.5. The number of aliphatic carboxylic acids is 1. The summed E-state index contributed by atoms with van der Waals surface area (Å²) in [6, 6.07) is -1.15. The molecule has 0 aromatic rings. The van der Waals surface area contributed by atoms with Gasteiger partial charge in [0.15, 0.2) is 11.6 Å². The van der Waals surface area contributed by atoms with Crippen LogP contribution in [0.15, 0.2) is 12.2 Å². The first-order chi connectivity index (χ1) is 28.8. The monoisotopic (exact) mass is 877 g/mol. The molecule has 5 rings (SSSR count). The molecule has 2 spiro atoms. The average molecular weight is 877 g/mol. The SMILES string of the molecule is CC[C@@H](C(=O)[C@@H](C)[C@@H](O)[C@H](C)[C@@H]1O[C@@H]([C@@H](CC)C(=O)O)CC[C@@H]1C)[C@H]1O[C@]2(C=C[C@@H](NC(=O)N[C@@H](C)C(C)(C)C)[C@]3(CC[C@@](C)([C@H]4CC[C@](O)(CC)[C@H](C)O4)O3)O2)[C@H](C)C[C@@H]1C. The smallest absolute Gasteiger partial charge is 0.315 e. The number of carboxylic acids is 1. The number of carbonyl (C=O) groups excluding carboxylic acids is 2. The van der Waals surface area contributed by atoms with Crippen molar-refractivity contribution in [3.05, 3.63) is 12.2 Å². The molecule has 0 bridgehead atoms. The summed E-state index contributed by atoms with van der Waals surface area (Å²) in [6.07, 6.45) is 6.57. The molecule has 4 fully saturated rings. The van der Waals surface area contributed by atoms with E-state index in [0.717, 1.165) is 6.42 Å². The topological polar surface area (TPSA) is 182 Å². The highest BCUT2D eigenvalue weighted by atomic mass is 16.8. The molecule has 356 valence electrons. The summed E-state index contributed by atoms with van der Waals surface area (Å²) < 4.78 is 34.6. The van der Waals surface area contributed by atoms with Crippen molar-refractivity contribution >= 4 is 17.8 Å². The lowest BCUT2D eigenvalue weighted by atomic mass is 9.72. The number of nitrogens with one attached hydrogen (secondary N) is 2. The summed E-state index contributed by atoms with van der Waals surface area (Å²) >= 11 is 0. The van der Waals surface area contributed by atoms with E-state index < -0.39 is 89.0 Å². The highest BCUT2D eigenvalue weighted by molar-refractivity contribution is 5.84. The Morgan fingerprint density at radius 3 is 2.11 bits per heavy atom. The number of urea groups is 1. The third-order valence-corrected chi connectivity index (χ3v) is 16.4. The predicted molar refractivity (Wildman–Crippen MR) is 237 cm³/mol. The van der Waals surface area contributed by atoms with Crippen molar-refractivity contribution in [2.75, 3.05) is 0 Å². The number of carbonyl (C=O) groups is 3. The van der Waals surface area contributed by atoms with Gasteiger partial charge in [0, 0.05) is 36.1 Å². The first-order valence-corrected chi connectivity index (χ1v) is 24.1. The summed E-state index contributed by atoms with van der Waals surface area (Å²) in [7, 11) is 0. The number of hydrogen-bond acceptors (Lipinski definition) is 10. The Labute approximate surface area is 372 Å². The van der Waals surface area contributed by atoms with E-state index >= 15 is 0 Å². The lowest BCUT2D eigenvalue weighted by molar-refractivity contribution is -0.397. The molecule has 0 unspecified atom stereocenters. The fourth-order valence-electron chi connectivity index (χ4n) is 11.3. The van der Waals surface area contributed by atoms with Crippen molar-refractivity contribution in [2.24, 2.45) is 46.8 Å². The van der Waals surface area contributed by atoms with Crippen LogP contribution in [0.5, 0.6) is 0 Å². The first-order valence-electron chi connectivity index (χ1n) is 24.1. The Kier molecular flexibility index (Phi) is 15.9. The summed E-state index contributed by atoms with van der Waals surface area (Å²) in [6.45, 7) is 27.9. The number of ether oxygens (including phenoxy) is 5. The zero-order chi connectivity index (χ0) is 46.3. The van der Waals surface area contributed by atoms with Gasteiger partial charge in [-0.3, -0.25) is 9.59 Å². The maximum Gasteiger partial charge on any atom is 0.315 e. The van der Waals surface area contributed by atoms with Crippen molar-refractivity contribution in [2.45, 2.75) is 233 Å². The number of carboxylic acid groups (broad SMARTS) is 1. The second kappa shape index (κ2) is 19.4. The van der Waals surface area contributed by atoms with E-state index in [1.165, 1.54) is 0 Å². The minimum absolute atomic E-state index is 0.0200. The Bertz CT molecular complexity index is 1600. The van der Waals surface area contributed by atoms with Gasteiger partial charge in [0.1, 0.15) is 11.8 Å². The zero-order valence-electron chi connectivity index (χ0n) is 40.5. The highest BCUT2D eigenvalue weighted by Gasteiger charge is 2.63. The largest absolute Gasteiger partial charge is 0.481 e. The lowest BCUT2D eigenvalue weighted by Crippen LogP contribution is -2.66. The van der Waals surface area contributed by atoms with Gasteiger partial charge in [-0.1, -0.05) is 82.2 Å². The molecule has 13 heteroatoms. The normalized spacial score (nSPS) is 41.8. The number of aliphatic hydroxyl groups is 2. The molecule has 5 heterocycles. The fourth-order valence-corrected chi connectivity index (χ4v) is 11.3. The van der Waals surface area contributed by atoms with Gasteiger partial charge < -0.3 is 49.6 Å². The van der Waals surface area contributed by atoms with Crippen LogP contribution in [0.25, 0.3) is 0 Å². The summed E-state index contributed by atoms with van der Waals surface area (Å²) in [5.74, 6) is -6.00. The second-order valence-electron chi connectivity index (χ2n) is 21.7. The standard InChI is InChI=1S/C49H84N2O11/c1-15-34(43(54)55)36-19-18-27(4)41(59-36)31(8)39(52)30(7)40(53)35(16-2)42-28(5)26-29(6)48(60-42)23-20-37(51-44(56)50-32(9)45(11,12)13)49(62-48)25-24-46(14,61-49)38-21-22-47(57,17-3)33(10)58-38/h20,23,27-39,41-42,52,57H,15-19,21-22,24-26H2,1-14H3,(H,54,55)(H2,50,51,56)/t27-,28-,29+,30-,31-,32-,33-,34+,35-,36+,37+,38+,39+,41+,42-,46-,47+,48-,49-/m0/s1. The molecule has 5 aliphatic heterocycles. The van der Waals surface area contributed by atoms with Crippen molar-refractivity contribution in [3.8, 4) is 0 Å². The molecule has 5 N–H and O–H groups in total. The van der Waals surface area contributed by atoms with Crippen LogP contribution in [-0.4, -0.2) is 105 Å². The van der Waals surface area contributed by atoms with E-state index in [1.807, 2.05) is 60.6 Å². The molecule has 4 saturated heterocycles. The molecular formula is C49H84N2O11. The van der Waals surface area contributed by atoms with Crippen molar-refractivity contribution in [1.82, 2.24) is 10.6 Å². The maximum absolute atomic E-state index is 14.7. The molecular weight excluding hydrogens is 793 g/mol. The molecule has 62 heavy (non-hydrogen) atoms.